The molecule has 0 radical (unpaired) electrons. The Kier molecular flexibility index (Phi) is 9.38. The van der Waals surface area contributed by atoms with Crippen molar-refractivity contribution in [2.24, 2.45) is 0 Å². The molecule has 1 N–H and O–H groups in total. The Bertz CT molecular complexity index is 787. The number of rotatable bonds is 10. The average Bonchev–Trinajstić information content (AvgIpc) is 3.10. The second-order valence-corrected chi connectivity index (χ2v) is 8.28. The number of benzene rings is 1. The summed E-state index contributed by atoms with van der Waals surface area (Å²) in [5.74, 6) is 1.02. The van der Waals surface area contributed by atoms with E-state index in [2.05, 4.69) is 15.5 Å². The number of halogens is 1. The third kappa shape index (κ3) is 6.00. The van der Waals surface area contributed by atoms with Gasteiger partial charge < -0.3 is 9.84 Å². The average molecular weight is 417 g/mol. The molecular weight excluding hydrogens is 388 g/mol. The highest BCUT2D eigenvalue weighted by atomic mass is 35.5. The molecule has 1 heterocycles. The van der Waals surface area contributed by atoms with Crippen LogP contribution in [-0.2, 0) is 16.4 Å². The van der Waals surface area contributed by atoms with Crippen LogP contribution in [0.4, 0.5) is 0 Å². The first-order chi connectivity index (χ1) is 12.4. The molecular formula is C18H29ClN4O3S. The van der Waals surface area contributed by atoms with Crippen LogP contribution in [0.25, 0.3) is 11.5 Å². The van der Waals surface area contributed by atoms with E-state index < -0.39 is 10.0 Å². The first kappa shape index (κ1) is 23.6. The van der Waals surface area contributed by atoms with Gasteiger partial charge in [0, 0.05) is 31.1 Å². The van der Waals surface area contributed by atoms with Gasteiger partial charge in [0.1, 0.15) is 0 Å². The monoisotopic (exact) mass is 416 g/mol. The molecule has 0 spiro atoms. The Morgan fingerprint density at radius 3 is 2.26 bits per heavy atom. The van der Waals surface area contributed by atoms with E-state index in [1.54, 1.807) is 24.3 Å². The lowest BCUT2D eigenvalue weighted by molar-refractivity contribution is 0.410. The number of aromatic nitrogens is 2. The molecule has 1 aromatic heterocycles. The van der Waals surface area contributed by atoms with E-state index in [1.165, 1.54) is 4.31 Å². The van der Waals surface area contributed by atoms with E-state index in [9.17, 15) is 8.42 Å². The molecule has 2 aromatic rings. The van der Waals surface area contributed by atoms with E-state index in [0.717, 1.165) is 12.8 Å². The van der Waals surface area contributed by atoms with Crippen LogP contribution < -0.4 is 5.32 Å². The smallest absolute Gasteiger partial charge is 0.257 e. The van der Waals surface area contributed by atoms with E-state index in [4.69, 9.17) is 4.52 Å². The zero-order chi connectivity index (χ0) is 19.2. The predicted octanol–water partition coefficient (Wildman–Crippen LogP) is 3.12. The van der Waals surface area contributed by atoms with Crippen molar-refractivity contribution in [2.75, 3.05) is 20.1 Å². The Balaban J connectivity index is 0.00000364. The Labute approximate surface area is 168 Å². The van der Waals surface area contributed by atoms with Gasteiger partial charge in [-0.15, -0.1) is 12.4 Å². The minimum absolute atomic E-state index is 0. The largest absolute Gasteiger partial charge is 0.334 e. The molecule has 0 saturated heterocycles. The molecule has 0 aliphatic heterocycles. The molecule has 9 heteroatoms. The van der Waals surface area contributed by atoms with Crippen molar-refractivity contribution < 1.29 is 12.9 Å². The van der Waals surface area contributed by atoms with Crippen molar-refractivity contribution in [2.45, 2.75) is 51.0 Å². The maximum absolute atomic E-state index is 12.8. The highest BCUT2D eigenvalue weighted by Crippen LogP contribution is 2.22. The molecule has 0 saturated carbocycles. The summed E-state index contributed by atoms with van der Waals surface area (Å²) in [6.45, 7) is 7.03. The fourth-order valence-corrected chi connectivity index (χ4v) is 4.22. The van der Waals surface area contributed by atoms with Crippen LogP contribution in [0, 0.1) is 0 Å². The minimum Gasteiger partial charge on any atom is -0.334 e. The van der Waals surface area contributed by atoms with Crippen molar-refractivity contribution in [3.05, 3.63) is 30.1 Å². The third-order valence-electron chi connectivity index (χ3n) is 4.13. The van der Waals surface area contributed by atoms with Gasteiger partial charge in [0.05, 0.1) is 4.90 Å². The van der Waals surface area contributed by atoms with Crippen molar-refractivity contribution in [1.82, 2.24) is 19.8 Å². The van der Waals surface area contributed by atoms with Crippen LogP contribution in [0.15, 0.2) is 33.7 Å². The number of likely N-dealkylation sites (N-methyl/N-ethyl adjacent to an activating group) is 1. The zero-order valence-corrected chi connectivity index (χ0v) is 17.9. The quantitative estimate of drug-likeness (QED) is 0.640. The summed E-state index contributed by atoms with van der Waals surface area (Å²) in [4.78, 5) is 4.66. The van der Waals surface area contributed by atoms with Gasteiger partial charge in [0.15, 0.2) is 5.82 Å². The molecule has 0 bridgehead atoms. The van der Waals surface area contributed by atoms with Crippen LogP contribution in [0.5, 0.6) is 0 Å². The molecule has 0 fully saturated rings. The third-order valence-corrected chi connectivity index (χ3v) is 6.05. The van der Waals surface area contributed by atoms with E-state index in [-0.39, 0.29) is 23.3 Å². The number of nitrogens with zero attached hydrogens (tertiary/aromatic N) is 3. The molecule has 152 valence electrons. The number of hydrogen-bond donors (Lipinski definition) is 1. The van der Waals surface area contributed by atoms with Gasteiger partial charge >= 0.3 is 0 Å². The van der Waals surface area contributed by atoms with Crippen molar-refractivity contribution >= 4 is 22.4 Å². The summed E-state index contributed by atoms with van der Waals surface area (Å²) in [6.07, 6.45) is 2.23. The molecule has 2 rings (SSSR count). The number of hydrogen-bond acceptors (Lipinski definition) is 6. The SMILES string of the molecule is CCCN(CCC)S(=O)(=O)c1ccc(-c2nc(CC(C)NC)no2)cc1.Cl. The molecule has 1 aromatic carbocycles. The Hall–Kier alpha value is -1.48. The van der Waals surface area contributed by atoms with Crippen LogP contribution >= 0.6 is 12.4 Å². The summed E-state index contributed by atoms with van der Waals surface area (Å²) in [5.41, 5.74) is 0.706. The normalized spacial score (nSPS) is 12.8. The first-order valence-electron chi connectivity index (χ1n) is 9.02. The predicted molar refractivity (Wildman–Crippen MR) is 109 cm³/mol. The topological polar surface area (TPSA) is 88.3 Å². The standard InChI is InChI=1S/C18H28N4O3S.ClH/c1-5-11-22(12-6-2)26(23,24)16-9-7-15(8-10-16)18-20-17(21-25-18)13-14(3)19-4;/h7-10,14,19H,5-6,11-13H2,1-4H3;1H. The van der Waals surface area contributed by atoms with Crippen molar-refractivity contribution in [3.8, 4) is 11.5 Å². The lowest BCUT2D eigenvalue weighted by Gasteiger charge is -2.21. The maximum atomic E-state index is 12.8. The molecule has 27 heavy (non-hydrogen) atoms. The van der Waals surface area contributed by atoms with Crippen LogP contribution in [0.3, 0.4) is 0 Å². The van der Waals surface area contributed by atoms with Crippen LogP contribution in [0.1, 0.15) is 39.4 Å². The lowest BCUT2D eigenvalue weighted by atomic mass is 10.2. The summed E-state index contributed by atoms with van der Waals surface area (Å²) < 4.78 is 32.4. The molecule has 0 amide bonds. The van der Waals surface area contributed by atoms with Gasteiger partial charge in [-0.2, -0.15) is 9.29 Å². The van der Waals surface area contributed by atoms with Gasteiger partial charge in [-0.05, 0) is 51.1 Å². The number of nitrogens with one attached hydrogen (secondary N) is 1. The fourth-order valence-electron chi connectivity index (χ4n) is 2.60. The van der Waals surface area contributed by atoms with E-state index in [0.29, 0.717) is 36.8 Å². The zero-order valence-electron chi connectivity index (χ0n) is 16.3. The minimum atomic E-state index is -3.48. The molecule has 7 nitrogen and oxygen atoms in total. The summed E-state index contributed by atoms with van der Waals surface area (Å²) in [6, 6.07) is 6.87. The van der Waals surface area contributed by atoms with Gasteiger partial charge in [0.2, 0.25) is 10.0 Å². The summed E-state index contributed by atoms with van der Waals surface area (Å²) >= 11 is 0. The van der Waals surface area contributed by atoms with Gasteiger partial charge in [-0.25, -0.2) is 8.42 Å². The van der Waals surface area contributed by atoms with Crippen LogP contribution in [0.2, 0.25) is 0 Å². The number of sulfonamides is 1. The van der Waals surface area contributed by atoms with Crippen LogP contribution in [-0.4, -0.2) is 49.0 Å². The summed E-state index contributed by atoms with van der Waals surface area (Å²) in [7, 11) is -1.60. The maximum Gasteiger partial charge on any atom is 0.257 e. The van der Waals surface area contributed by atoms with E-state index in [1.807, 2.05) is 27.8 Å². The van der Waals surface area contributed by atoms with Gasteiger partial charge in [-0.3, -0.25) is 0 Å². The lowest BCUT2D eigenvalue weighted by Crippen LogP contribution is -2.32. The Morgan fingerprint density at radius 2 is 1.74 bits per heavy atom. The van der Waals surface area contributed by atoms with Crippen molar-refractivity contribution in [1.29, 1.82) is 0 Å². The second-order valence-electron chi connectivity index (χ2n) is 6.34. The highest BCUT2D eigenvalue weighted by Gasteiger charge is 2.23. The van der Waals surface area contributed by atoms with Gasteiger partial charge in [0.25, 0.3) is 5.89 Å². The highest BCUT2D eigenvalue weighted by molar-refractivity contribution is 7.89. The summed E-state index contributed by atoms with van der Waals surface area (Å²) in [5, 5.41) is 7.10. The molecule has 1 atom stereocenters. The molecule has 0 aliphatic carbocycles. The van der Waals surface area contributed by atoms with Crippen molar-refractivity contribution in [3.63, 3.8) is 0 Å². The molecule has 0 aliphatic rings. The van der Waals surface area contributed by atoms with E-state index >= 15 is 0 Å². The second kappa shape index (κ2) is 10.8. The fraction of sp³-hybridized carbons (Fsp3) is 0.556. The van der Waals surface area contributed by atoms with Gasteiger partial charge in [-0.1, -0.05) is 19.0 Å². The molecule has 1 unspecified atom stereocenters. The Morgan fingerprint density at radius 1 is 1.15 bits per heavy atom. The first-order valence-corrected chi connectivity index (χ1v) is 10.5.